The van der Waals surface area contributed by atoms with Crippen LogP contribution in [0.3, 0.4) is 0 Å². The Labute approximate surface area is 78.4 Å². The lowest BCUT2D eigenvalue weighted by Gasteiger charge is -2.27. The van der Waals surface area contributed by atoms with E-state index in [9.17, 15) is 5.11 Å². The molecule has 0 spiro atoms. The van der Waals surface area contributed by atoms with Crippen molar-refractivity contribution in [2.75, 3.05) is 0 Å². The molecule has 0 fully saturated rings. The number of aliphatic hydroxyl groups is 1. The molecule has 1 heterocycles. The summed E-state index contributed by atoms with van der Waals surface area (Å²) in [7, 11) is 1.87. The SMILES string of the molecule is Cc1ncc(C(C)(O)C(C)N)n1C. The largest absolute Gasteiger partial charge is 0.382 e. The topological polar surface area (TPSA) is 64.1 Å². The second-order valence-electron chi connectivity index (χ2n) is 3.69. The monoisotopic (exact) mass is 183 g/mol. The summed E-state index contributed by atoms with van der Waals surface area (Å²) in [6.45, 7) is 5.37. The Hall–Kier alpha value is -0.870. The number of nitrogens with zero attached hydrogens (tertiary/aromatic N) is 2. The molecule has 0 saturated heterocycles. The van der Waals surface area contributed by atoms with Gasteiger partial charge < -0.3 is 15.4 Å². The summed E-state index contributed by atoms with van der Waals surface area (Å²) >= 11 is 0. The highest BCUT2D eigenvalue weighted by molar-refractivity contribution is 5.14. The van der Waals surface area contributed by atoms with Crippen LogP contribution in [-0.4, -0.2) is 20.7 Å². The maximum atomic E-state index is 10.1. The van der Waals surface area contributed by atoms with Gasteiger partial charge in [0.15, 0.2) is 0 Å². The number of imidazole rings is 1. The van der Waals surface area contributed by atoms with Crippen LogP contribution in [0.4, 0.5) is 0 Å². The fraction of sp³-hybridized carbons (Fsp3) is 0.667. The standard InChI is InChI=1S/C9H17N3O/c1-6(10)9(3,13)8-5-11-7(2)12(8)4/h5-6,13H,10H2,1-4H3. The van der Waals surface area contributed by atoms with Crippen molar-refractivity contribution in [3.8, 4) is 0 Å². The minimum Gasteiger partial charge on any atom is -0.382 e. The van der Waals surface area contributed by atoms with Gasteiger partial charge in [-0.1, -0.05) is 0 Å². The molecule has 0 aliphatic heterocycles. The van der Waals surface area contributed by atoms with Gasteiger partial charge in [0.05, 0.1) is 11.9 Å². The summed E-state index contributed by atoms with van der Waals surface area (Å²) in [5.41, 5.74) is 5.42. The first-order valence-electron chi connectivity index (χ1n) is 4.34. The summed E-state index contributed by atoms with van der Waals surface area (Å²) < 4.78 is 1.85. The van der Waals surface area contributed by atoms with Crippen molar-refractivity contribution in [1.29, 1.82) is 0 Å². The Bertz CT molecular complexity index is 302. The van der Waals surface area contributed by atoms with Gasteiger partial charge in [-0.3, -0.25) is 0 Å². The first-order valence-corrected chi connectivity index (χ1v) is 4.34. The Morgan fingerprint density at radius 1 is 1.69 bits per heavy atom. The van der Waals surface area contributed by atoms with Gasteiger partial charge in [-0.2, -0.15) is 0 Å². The molecule has 0 aliphatic rings. The molecule has 0 aliphatic carbocycles. The molecule has 0 aromatic carbocycles. The van der Waals surface area contributed by atoms with Crippen LogP contribution in [-0.2, 0) is 12.6 Å². The lowest BCUT2D eigenvalue weighted by Crippen LogP contribution is -2.42. The van der Waals surface area contributed by atoms with Crippen molar-refractivity contribution in [3.63, 3.8) is 0 Å². The van der Waals surface area contributed by atoms with Crippen LogP contribution in [0, 0.1) is 6.92 Å². The van der Waals surface area contributed by atoms with E-state index >= 15 is 0 Å². The fourth-order valence-corrected chi connectivity index (χ4v) is 1.21. The van der Waals surface area contributed by atoms with Crippen molar-refractivity contribution >= 4 is 0 Å². The molecule has 1 aromatic rings. The van der Waals surface area contributed by atoms with Crippen LogP contribution in [0.15, 0.2) is 6.20 Å². The average Bonchev–Trinajstić information content (AvgIpc) is 2.33. The summed E-state index contributed by atoms with van der Waals surface area (Å²) in [6.07, 6.45) is 1.67. The quantitative estimate of drug-likeness (QED) is 0.692. The molecule has 0 radical (unpaired) electrons. The van der Waals surface area contributed by atoms with Crippen molar-refractivity contribution in [3.05, 3.63) is 17.7 Å². The fourth-order valence-electron chi connectivity index (χ4n) is 1.21. The molecule has 0 saturated carbocycles. The summed E-state index contributed by atoms with van der Waals surface area (Å²) in [4.78, 5) is 4.11. The van der Waals surface area contributed by atoms with Crippen molar-refractivity contribution in [2.24, 2.45) is 12.8 Å². The van der Waals surface area contributed by atoms with Gasteiger partial charge in [-0.25, -0.2) is 4.98 Å². The molecule has 4 heteroatoms. The van der Waals surface area contributed by atoms with Gasteiger partial charge in [0.2, 0.25) is 0 Å². The molecule has 74 valence electrons. The lowest BCUT2D eigenvalue weighted by atomic mass is 9.95. The van der Waals surface area contributed by atoms with E-state index in [1.165, 1.54) is 0 Å². The highest BCUT2D eigenvalue weighted by Crippen LogP contribution is 2.23. The van der Waals surface area contributed by atoms with Gasteiger partial charge in [0.1, 0.15) is 11.4 Å². The van der Waals surface area contributed by atoms with E-state index in [0.29, 0.717) is 0 Å². The van der Waals surface area contributed by atoms with Gasteiger partial charge in [0.25, 0.3) is 0 Å². The first-order chi connectivity index (χ1) is 5.87. The van der Waals surface area contributed by atoms with Gasteiger partial charge in [-0.05, 0) is 20.8 Å². The van der Waals surface area contributed by atoms with Crippen LogP contribution in [0.5, 0.6) is 0 Å². The Morgan fingerprint density at radius 3 is 2.54 bits per heavy atom. The third-order valence-corrected chi connectivity index (χ3v) is 2.63. The van der Waals surface area contributed by atoms with E-state index in [1.807, 2.05) is 18.5 Å². The van der Waals surface area contributed by atoms with E-state index in [0.717, 1.165) is 11.5 Å². The zero-order valence-electron chi connectivity index (χ0n) is 8.57. The Balaban J connectivity index is 3.14. The van der Waals surface area contributed by atoms with Crippen LogP contribution in [0.2, 0.25) is 0 Å². The number of aryl methyl sites for hydroxylation is 1. The zero-order valence-corrected chi connectivity index (χ0v) is 8.57. The molecule has 13 heavy (non-hydrogen) atoms. The number of rotatable bonds is 2. The minimum absolute atomic E-state index is 0.317. The second kappa shape index (κ2) is 3.12. The van der Waals surface area contributed by atoms with Crippen LogP contribution in [0.25, 0.3) is 0 Å². The molecule has 0 bridgehead atoms. The number of nitrogens with two attached hydrogens (primary N) is 1. The average molecular weight is 183 g/mol. The highest BCUT2D eigenvalue weighted by Gasteiger charge is 2.31. The molecule has 1 aromatic heterocycles. The third kappa shape index (κ3) is 1.59. The van der Waals surface area contributed by atoms with Crippen molar-refractivity contribution in [2.45, 2.75) is 32.4 Å². The van der Waals surface area contributed by atoms with Crippen LogP contribution >= 0.6 is 0 Å². The number of hydrogen-bond acceptors (Lipinski definition) is 3. The molecular formula is C9H17N3O. The minimum atomic E-state index is -1.02. The predicted octanol–water partition coefficient (Wildman–Crippen LogP) is 0.283. The summed E-state index contributed by atoms with van der Waals surface area (Å²) in [5.74, 6) is 0.871. The summed E-state index contributed by atoms with van der Waals surface area (Å²) in [5, 5.41) is 10.1. The number of hydrogen-bond donors (Lipinski definition) is 2. The predicted molar refractivity (Wildman–Crippen MR) is 51.2 cm³/mol. The van der Waals surface area contributed by atoms with Gasteiger partial charge in [-0.15, -0.1) is 0 Å². The third-order valence-electron chi connectivity index (χ3n) is 2.63. The normalized spacial score (nSPS) is 18.3. The number of aromatic nitrogens is 2. The first kappa shape index (κ1) is 10.2. The van der Waals surface area contributed by atoms with E-state index < -0.39 is 5.60 Å². The highest BCUT2D eigenvalue weighted by atomic mass is 16.3. The molecule has 3 N–H and O–H groups in total. The van der Waals surface area contributed by atoms with Crippen LogP contribution < -0.4 is 5.73 Å². The molecular weight excluding hydrogens is 166 g/mol. The van der Waals surface area contributed by atoms with E-state index in [4.69, 9.17) is 5.73 Å². The van der Waals surface area contributed by atoms with Gasteiger partial charge >= 0.3 is 0 Å². The van der Waals surface area contributed by atoms with Gasteiger partial charge in [0, 0.05) is 13.1 Å². The lowest BCUT2D eigenvalue weighted by molar-refractivity contribution is 0.0276. The second-order valence-corrected chi connectivity index (χ2v) is 3.69. The van der Waals surface area contributed by atoms with Crippen molar-refractivity contribution in [1.82, 2.24) is 9.55 Å². The summed E-state index contributed by atoms with van der Waals surface area (Å²) in [6, 6.07) is -0.317. The smallest absolute Gasteiger partial charge is 0.118 e. The van der Waals surface area contributed by atoms with E-state index in [-0.39, 0.29) is 6.04 Å². The van der Waals surface area contributed by atoms with Crippen molar-refractivity contribution < 1.29 is 5.11 Å². The molecule has 1 rings (SSSR count). The van der Waals surface area contributed by atoms with E-state index in [2.05, 4.69) is 4.98 Å². The van der Waals surface area contributed by atoms with E-state index in [1.54, 1.807) is 20.0 Å². The molecule has 0 amide bonds. The molecule has 2 atom stereocenters. The maximum Gasteiger partial charge on any atom is 0.118 e. The molecule has 2 unspecified atom stereocenters. The Morgan fingerprint density at radius 2 is 2.23 bits per heavy atom. The zero-order chi connectivity index (χ0) is 10.2. The Kier molecular flexibility index (Phi) is 2.45. The van der Waals surface area contributed by atoms with Crippen LogP contribution in [0.1, 0.15) is 25.4 Å². The molecule has 4 nitrogen and oxygen atoms in total. The maximum absolute atomic E-state index is 10.1.